The summed E-state index contributed by atoms with van der Waals surface area (Å²) in [4.78, 5) is 13.4. The van der Waals surface area contributed by atoms with Crippen LogP contribution >= 0.6 is 0 Å². The van der Waals surface area contributed by atoms with Gasteiger partial charge in [-0.1, -0.05) is 12.1 Å². The molecule has 1 aromatic carbocycles. The van der Waals surface area contributed by atoms with E-state index in [2.05, 4.69) is 17.1 Å². The van der Waals surface area contributed by atoms with Gasteiger partial charge in [0.1, 0.15) is 0 Å². The minimum absolute atomic E-state index is 0.124. The molecule has 1 aromatic rings. The van der Waals surface area contributed by atoms with Gasteiger partial charge < -0.3 is 15.0 Å². The molecule has 2 saturated heterocycles. The molecule has 0 radical (unpaired) electrons. The molecule has 0 aromatic heterocycles. The summed E-state index contributed by atoms with van der Waals surface area (Å²) in [6.07, 6.45) is 3.46. The van der Waals surface area contributed by atoms with Crippen LogP contribution in [-0.4, -0.2) is 48.7 Å². The Kier molecular flexibility index (Phi) is 6.04. The van der Waals surface area contributed by atoms with Crippen LogP contribution in [0.25, 0.3) is 0 Å². The lowest BCUT2D eigenvalue weighted by atomic mass is 9.99. The number of benzene rings is 1. The second-order valence-electron chi connectivity index (χ2n) is 7.50. The Bertz CT molecular complexity index is 594. The fourth-order valence-electron chi connectivity index (χ4n) is 3.92. The van der Waals surface area contributed by atoms with E-state index in [1.165, 1.54) is 6.42 Å². The van der Waals surface area contributed by atoms with Gasteiger partial charge in [0, 0.05) is 36.9 Å². The van der Waals surface area contributed by atoms with Crippen molar-refractivity contribution in [2.24, 2.45) is 5.92 Å². The molecule has 2 atom stereocenters. The zero-order chi connectivity index (χ0) is 17.8. The quantitative estimate of drug-likeness (QED) is 0.633. The third-order valence-corrected chi connectivity index (χ3v) is 5.54. The first kappa shape index (κ1) is 18.3. The van der Waals surface area contributed by atoms with Crippen LogP contribution in [0.3, 0.4) is 0 Å². The summed E-state index contributed by atoms with van der Waals surface area (Å²) in [6, 6.07) is 6.15. The van der Waals surface area contributed by atoms with E-state index in [-0.39, 0.29) is 16.7 Å². The Morgan fingerprint density at radius 1 is 1.36 bits per heavy atom. The van der Waals surface area contributed by atoms with E-state index < -0.39 is 0 Å². The summed E-state index contributed by atoms with van der Waals surface area (Å²) < 4.78 is 5.47. The molecule has 6 heteroatoms. The number of rotatable bonds is 6. The predicted molar refractivity (Wildman–Crippen MR) is 97.8 cm³/mol. The van der Waals surface area contributed by atoms with E-state index >= 15 is 0 Å². The van der Waals surface area contributed by atoms with Crippen LogP contribution in [0, 0.1) is 23.0 Å². The fraction of sp³-hybridized carbons (Fsp3) is 0.684. The molecule has 0 amide bonds. The molecule has 0 unspecified atom stereocenters. The van der Waals surface area contributed by atoms with Crippen LogP contribution in [0.4, 0.5) is 5.69 Å². The molecule has 138 valence electrons. The van der Waals surface area contributed by atoms with Gasteiger partial charge in [0.2, 0.25) is 0 Å². The van der Waals surface area contributed by atoms with E-state index in [0.717, 1.165) is 51.3 Å². The Morgan fingerprint density at radius 2 is 2.12 bits per heavy atom. The highest BCUT2D eigenvalue weighted by atomic mass is 16.6. The Labute approximate surface area is 149 Å². The third kappa shape index (κ3) is 4.77. The molecule has 3 rings (SSSR count). The van der Waals surface area contributed by atoms with Crippen molar-refractivity contribution in [2.45, 2.75) is 45.2 Å². The number of hydrogen-bond acceptors (Lipinski definition) is 5. The first-order chi connectivity index (χ1) is 12.0. The molecular weight excluding hydrogens is 318 g/mol. The fourth-order valence-corrected chi connectivity index (χ4v) is 3.92. The number of nitro groups is 1. The van der Waals surface area contributed by atoms with Crippen molar-refractivity contribution in [1.29, 1.82) is 0 Å². The van der Waals surface area contributed by atoms with Crippen molar-refractivity contribution in [3.63, 3.8) is 0 Å². The Balaban J connectivity index is 1.49. The van der Waals surface area contributed by atoms with Gasteiger partial charge in [0.15, 0.2) is 0 Å². The summed E-state index contributed by atoms with van der Waals surface area (Å²) in [7, 11) is 0. The lowest BCUT2D eigenvalue weighted by molar-refractivity contribution is -0.385. The lowest BCUT2D eigenvalue weighted by Crippen LogP contribution is -2.44. The molecule has 25 heavy (non-hydrogen) atoms. The number of piperidine rings is 1. The van der Waals surface area contributed by atoms with Crippen LogP contribution in [0.2, 0.25) is 0 Å². The maximum atomic E-state index is 11.1. The zero-order valence-electron chi connectivity index (χ0n) is 15.2. The molecule has 2 aliphatic rings. The normalized spacial score (nSPS) is 23.7. The van der Waals surface area contributed by atoms with E-state index in [1.54, 1.807) is 13.0 Å². The SMILES string of the molecule is Cc1ccc([C@H](C)NC2CCN(C[C@H]3CCOC3)CC2)cc1[N+](=O)[O-]. The van der Waals surface area contributed by atoms with Gasteiger partial charge >= 0.3 is 0 Å². The molecule has 2 fully saturated rings. The van der Waals surface area contributed by atoms with E-state index in [9.17, 15) is 10.1 Å². The van der Waals surface area contributed by atoms with Gasteiger partial charge in [-0.05, 0) is 57.7 Å². The Morgan fingerprint density at radius 3 is 2.76 bits per heavy atom. The number of aryl methyl sites for hydroxylation is 1. The number of hydrogen-bond donors (Lipinski definition) is 1. The van der Waals surface area contributed by atoms with E-state index in [1.807, 2.05) is 12.1 Å². The van der Waals surface area contributed by atoms with Gasteiger partial charge in [-0.3, -0.25) is 10.1 Å². The van der Waals surface area contributed by atoms with Crippen LogP contribution < -0.4 is 5.32 Å². The van der Waals surface area contributed by atoms with Crippen LogP contribution in [0.1, 0.15) is 43.4 Å². The number of nitro benzene ring substituents is 1. The van der Waals surface area contributed by atoms with E-state index in [0.29, 0.717) is 17.5 Å². The van der Waals surface area contributed by atoms with Gasteiger partial charge in [-0.15, -0.1) is 0 Å². The molecule has 0 spiro atoms. The first-order valence-electron chi connectivity index (χ1n) is 9.34. The highest BCUT2D eigenvalue weighted by molar-refractivity contribution is 5.43. The number of ether oxygens (including phenoxy) is 1. The minimum Gasteiger partial charge on any atom is -0.381 e. The second kappa shape index (κ2) is 8.25. The standard InChI is InChI=1S/C19H29N3O3/c1-14-3-4-17(11-19(14)22(23)24)15(2)20-18-5-8-21(9-6-18)12-16-7-10-25-13-16/h3-4,11,15-16,18,20H,5-10,12-13H2,1-2H3/t15-,16+/m0/s1. The predicted octanol–water partition coefficient (Wildman–Crippen LogP) is 3.05. The molecule has 6 nitrogen and oxygen atoms in total. The molecule has 2 aliphatic heterocycles. The van der Waals surface area contributed by atoms with Crippen LogP contribution in [-0.2, 0) is 4.74 Å². The number of likely N-dealkylation sites (tertiary alicyclic amines) is 1. The number of nitrogens with one attached hydrogen (secondary N) is 1. The van der Waals surface area contributed by atoms with E-state index in [4.69, 9.17) is 4.74 Å². The highest BCUT2D eigenvalue weighted by Crippen LogP contribution is 2.25. The van der Waals surface area contributed by atoms with Crippen molar-refractivity contribution >= 4 is 5.69 Å². The van der Waals surface area contributed by atoms with Crippen molar-refractivity contribution in [1.82, 2.24) is 10.2 Å². The summed E-state index contributed by atoms with van der Waals surface area (Å²) in [5.41, 5.74) is 1.91. The summed E-state index contributed by atoms with van der Waals surface area (Å²) in [6.45, 7) is 9.11. The average Bonchev–Trinajstić information content (AvgIpc) is 3.09. The molecule has 2 heterocycles. The largest absolute Gasteiger partial charge is 0.381 e. The molecule has 0 bridgehead atoms. The zero-order valence-corrected chi connectivity index (χ0v) is 15.2. The van der Waals surface area contributed by atoms with Crippen molar-refractivity contribution < 1.29 is 9.66 Å². The summed E-state index contributed by atoms with van der Waals surface area (Å²) in [5.74, 6) is 0.705. The smallest absolute Gasteiger partial charge is 0.272 e. The maximum Gasteiger partial charge on any atom is 0.272 e. The molecule has 0 saturated carbocycles. The summed E-state index contributed by atoms with van der Waals surface area (Å²) >= 11 is 0. The lowest BCUT2D eigenvalue weighted by Gasteiger charge is -2.35. The van der Waals surface area contributed by atoms with Crippen molar-refractivity contribution in [3.05, 3.63) is 39.4 Å². The first-order valence-corrected chi connectivity index (χ1v) is 9.34. The highest BCUT2D eigenvalue weighted by Gasteiger charge is 2.25. The second-order valence-corrected chi connectivity index (χ2v) is 7.50. The molecular formula is C19H29N3O3. The van der Waals surface area contributed by atoms with Crippen LogP contribution in [0.5, 0.6) is 0 Å². The Hall–Kier alpha value is -1.50. The monoisotopic (exact) mass is 347 g/mol. The average molecular weight is 347 g/mol. The van der Waals surface area contributed by atoms with Gasteiger partial charge in [-0.2, -0.15) is 0 Å². The number of nitrogens with zero attached hydrogens (tertiary/aromatic N) is 2. The topological polar surface area (TPSA) is 67.6 Å². The third-order valence-electron chi connectivity index (χ3n) is 5.54. The molecule has 0 aliphatic carbocycles. The van der Waals surface area contributed by atoms with Gasteiger partial charge in [0.05, 0.1) is 11.5 Å². The maximum absolute atomic E-state index is 11.1. The van der Waals surface area contributed by atoms with Gasteiger partial charge in [0.25, 0.3) is 5.69 Å². The van der Waals surface area contributed by atoms with Crippen molar-refractivity contribution in [3.8, 4) is 0 Å². The van der Waals surface area contributed by atoms with Crippen molar-refractivity contribution in [2.75, 3.05) is 32.8 Å². The van der Waals surface area contributed by atoms with Gasteiger partial charge in [-0.25, -0.2) is 0 Å². The minimum atomic E-state index is -0.295. The molecule has 1 N–H and O–H groups in total. The summed E-state index contributed by atoms with van der Waals surface area (Å²) in [5, 5.41) is 14.8. The van der Waals surface area contributed by atoms with Crippen LogP contribution in [0.15, 0.2) is 18.2 Å².